The maximum atomic E-state index is 6.16. The van der Waals surface area contributed by atoms with Crippen molar-refractivity contribution in [2.45, 2.75) is 39.7 Å². The van der Waals surface area contributed by atoms with E-state index < -0.39 is 0 Å². The third-order valence-corrected chi connectivity index (χ3v) is 4.08. The summed E-state index contributed by atoms with van der Waals surface area (Å²) in [7, 11) is 0. The monoisotopic (exact) mass is 282 g/mol. The lowest BCUT2D eigenvalue weighted by Gasteiger charge is -2.43. The molecule has 106 valence electrons. The molecule has 2 heterocycles. The molecule has 1 aliphatic heterocycles. The van der Waals surface area contributed by atoms with Crippen LogP contribution in [0.15, 0.2) is 6.33 Å². The van der Waals surface area contributed by atoms with E-state index in [9.17, 15) is 0 Å². The first-order valence-electron chi connectivity index (χ1n) is 6.93. The van der Waals surface area contributed by atoms with E-state index in [2.05, 4.69) is 47.5 Å². The largest absolute Gasteiger partial charge is 0.354 e. The molecule has 0 N–H and O–H groups in total. The maximum absolute atomic E-state index is 6.16. The Kier molecular flexibility index (Phi) is 4.31. The van der Waals surface area contributed by atoms with Crippen LogP contribution in [-0.2, 0) is 6.42 Å². The topological polar surface area (TPSA) is 32.3 Å². The molecule has 1 aromatic rings. The summed E-state index contributed by atoms with van der Waals surface area (Å²) >= 11 is 6.16. The van der Waals surface area contributed by atoms with Gasteiger partial charge >= 0.3 is 0 Å². The molecule has 5 heteroatoms. The van der Waals surface area contributed by atoms with Gasteiger partial charge in [0.25, 0.3) is 0 Å². The van der Waals surface area contributed by atoms with Crippen LogP contribution in [0.25, 0.3) is 0 Å². The highest BCUT2D eigenvalue weighted by Crippen LogP contribution is 2.26. The summed E-state index contributed by atoms with van der Waals surface area (Å²) in [6, 6.07) is 0. The van der Waals surface area contributed by atoms with Crippen LogP contribution >= 0.6 is 11.6 Å². The molecule has 1 aromatic heterocycles. The highest BCUT2D eigenvalue weighted by atomic mass is 35.5. The molecule has 1 aliphatic rings. The van der Waals surface area contributed by atoms with Crippen molar-refractivity contribution in [2.75, 3.05) is 31.1 Å². The Balaban J connectivity index is 2.12. The lowest BCUT2D eigenvalue weighted by Crippen LogP contribution is -2.53. The van der Waals surface area contributed by atoms with E-state index in [-0.39, 0.29) is 5.54 Å². The Labute approximate surface area is 120 Å². The summed E-state index contributed by atoms with van der Waals surface area (Å²) in [6.07, 6.45) is 2.43. The van der Waals surface area contributed by atoms with Gasteiger partial charge in [-0.25, -0.2) is 9.97 Å². The second kappa shape index (κ2) is 5.63. The molecule has 0 spiro atoms. The molecule has 0 saturated carbocycles. The van der Waals surface area contributed by atoms with Crippen LogP contribution < -0.4 is 4.90 Å². The van der Waals surface area contributed by atoms with E-state index in [0.29, 0.717) is 5.15 Å². The first-order valence-corrected chi connectivity index (χ1v) is 7.30. The molecule has 0 radical (unpaired) electrons. The fraction of sp³-hybridized carbons (Fsp3) is 0.714. The molecule has 1 fully saturated rings. The highest BCUT2D eigenvalue weighted by Gasteiger charge is 2.27. The molecule has 0 amide bonds. The van der Waals surface area contributed by atoms with E-state index in [1.807, 2.05) is 0 Å². The van der Waals surface area contributed by atoms with Gasteiger partial charge in [-0.15, -0.1) is 0 Å². The predicted octanol–water partition coefficient (Wildman–Crippen LogP) is 2.61. The van der Waals surface area contributed by atoms with Crippen LogP contribution in [0, 0.1) is 0 Å². The summed E-state index contributed by atoms with van der Waals surface area (Å²) in [5.41, 5.74) is 1.30. The second-order valence-electron chi connectivity index (χ2n) is 5.97. The summed E-state index contributed by atoms with van der Waals surface area (Å²) in [6.45, 7) is 13.0. The molecule has 19 heavy (non-hydrogen) atoms. The molecule has 0 aliphatic carbocycles. The van der Waals surface area contributed by atoms with Gasteiger partial charge in [-0.1, -0.05) is 18.5 Å². The van der Waals surface area contributed by atoms with Gasteiger partial charge in [-0.2, -0.15) is 0 Å². The number of nitrogens with zero attached hydrogens (tertiary/aromatic N) is 4. The number of hydrogen-bond donors (Lipinski definition) is 0. The first kappa shape index (κ1) is 14.5. The van der Waals surface area contributed by atoms with Crippen molar-refractivity contribution in [3.63, 3.8) is 0 Å². The number of aromatic nitrogens is 2. The van der Waals surface area contributed by atoms with Crippen LogP contribution in [0.3, 0.4) is 0 Å². The Bertz CT molecular complexity index is 434. The molecule has 0 atom stereocenters. The van der Waals surface area contributed by atoms with Crippen molar-refractivity contribution in [2.24, 2.45) is 0 Å². The predicted molar refractivity (Wildman–Crippen MR) is 80.0 cm³/mol. The normalized spacial score (nSPS) is 17.8. The molecular weight excluding hydrogens is 260 g/mol. The van der Waals surface area contributed by atoms with E-state index in [1.54, 1.807) is 6.33 Å². The standard InChI is InChI=1S/C14H23ClN4/c1-5-11-12(15)16-10-17-13(11)18-6-8-19(9-7-18)14(2,3)4/h10H,5-9H2,1-4H3. The zero-order valence-corrected chi connectivity index (χ0v) is 13.0. The molecule has 2 rings (SSSR count). The van der Waals surface area contributed by atoms with Gasteiger partial charge in [0.1, 0.15) is 17.3 Å². The van der Waals surface area contributed by atoms with Crippen LogP contribution in [0.4, 0.5) is 5.82 Å². The lowest BCUT2D eigenvalue weighted by atomic mass is 10.0. The van der Waals surface area contributed by atoms with E-state index in [4.69, 9.17) is 11.6 Å². The summed E-state index contributed by atoms with van der Waals surface area (Å²) in [5, 5.41) is 0.589. The fourth-order valence-corrected chi connectivity index (χ4v) is 2.81. The van der Waals surface area contributed by atoms with E-state index in [1.165, 1.54) is 0 Å². The van der Waals surface area contributed by atoms with Crippen molar-refractivity contribution >= 4 is 17.4 Å². The highest BCUT2D eigenvalue weighted by molar-refractivity contribution is 6.30. The van der Waals surface area contributed by atoms with Gasteiger partial charge in [0.15, 0.2) is 0 Å². The molecule has 0 aromatic carbocycles. The Morgan fingerprint density at radius 2 is 1.79 bits per heavy atom. The van der Waals surface area contributed by atoms with Gasteiger partial charge < -0.3 is 4.90 Å². The minimum atomic E-state index is 0.239. The third kappa shape index (κ3) is 3.18. The van der Waals surface area contributed by atoms with Crippen LogP contribution in [0.5, 0.6) is 0 Å². The minimum absolute atomic E-state index is 0.239. The van der Waals surface area contributed by atoms with Crippen LogP contribution in [0.2, 0.25) is 5.15 Å². The first-order chi connectivity index (χ1) is 8.93. The van der Waals surface area contributed by atoms with Gasteiger partial charge in [-0.3, -0.25) is 4.90 Å². The number of rotatable bonds is 2. The molecule has 1 saturated heterocycles. The zero-order chi connectivity index (χ0) is 14.0. The quantitative estimate of drug-likeness (QED) is 0.781. The molecule has 0 unspecified atom stereocenters. The van der Waals surface area contributed by atoms with E-state index in [0.717, 1.165) is 44.0 Å². The molecular formula is C14H23ClN4. The second-order valence-corrected chi connectivity index (χ2v) is 6.32. The summed E-state index contributed by atoms with van der Waals surface area (Å²) in [4.78, 5) is 13.3. The Morgan fingerprint density at radius 1 is 1.16 bits per heavy atom. The fourth-order valence-electron chi connectivity index (χ4n) is 2.55. The van der Waals surface area contributed by atoms with Crippen molar-refractivity contribution in [1.29, 1.82) is 0 Å². The van der Waals surface area contributed by atoms with Gasteiger partial charge in [-0.05, 0) is 27.2 Å². The third-order valence-electron chi connectivity index (χ3n) is 3.75. The Morgan fingerprint density at radius 3 is 2.32 bits per heavy atom. The van der Waals surface area contributed by atoms with E-state index >= 15 is 0 Å². The smallest absolute Gasteiger partial charge is 0.137 e. The van der Waals surface area contributed by atoms with Crippen molar-refractivity contribution in [3.8, 4) is 0 Å². The van der Waals surface area contributed by atoms with Gasteiger partial charge in [0, 0.05) is 37.3 Å². The van der Waals surface area contributed by atoms with Crippen molar-refractivity contribution in [1.82, 2.24) is 14.9 Å². The SMILES string of the molecule is CCc1c(Cl)ncnc1N1CCN(C(C)(C)C)CC1. The molecule has 4 nitrogen and oxygen atoms in total. The lowest BCUT2D eigenvalue weighted by molar-refractivity contribution is 0.128. The number of piperazine rings is 1. The Hall–Kier alpha value is -0.870. The number of anilines is 1. The van der Waals surface area contributed by atoms with Crippen LogP contribution in [-0.4, -0.2) is 46.6 Å². The van der Waals surface area contributed by atoms with Gasteiger partial charge in [0.2, 0.25) is 0 Å². The number of halogens is 1. The minimum Gasteiger partial charge on any atom is -0.354 e. The average Bonchev–Trinajstić information content (AvgIpc) is 2.37. The van der Waals surface area contributed by atoms with Crippen molar-refractivity contribution < 1.29 is 0 Å². The van der Waals surface area contributed by atoms with Gasteiger partial charge in [0.05, 0.1) is 0 Å². The summed E-state index contributed by atoms with van der Waals surface area (Å²) < 4.78 is 0. The van der Waals surface area contributed by atoms with Crippen LogP contribution in [0.1, 0.15) is 33.3 Å². The maximum Gasteiger partial charge on any atom is 0.137 e. The van der Waals surface area contributed by atoms with Crippen molar-refractivity contribution in [3.05, 3.63) is 17.0 Å². The summed E-state index contributed by atoms with van der Waals surface area (Å²) in [5.74, 6) is 1.01. The average molecular weight is 283 g/mol. The molecule has 0 bridgehead atoms. The zero-order valence-electron chi connectivity index (χ0n) is 12.3. The number of hydrogen-bond acceptors (Lipinski definition) is 4.